The van der Waals surface area contributed by atoms with Crippen LogP contribution in [0.5, 0.6) is 0 Å². The number of carbonyl (C=O) groups is 1. The van der Waals surface area contributed by atoms with E-state index in [2.05, 4.69) is 5.32 Å². The third-order valence-electron chi connectivity index (χ3n) is 2.05. The van der Waals surface area contributed by atoms with Crippen LogP contribution in [0.4, 0.5) is 4.79 Å². The van der Waals surface area contributed by atoms with Gasteiger partial charge in [0.25, 0.3) is 0 Å². The average molecular weight is 158 g/mol. The van der Waals surface area contributed by atoms with Crippen LogP contribution in [0, 0.1) is 0 Å². The van der Waals surface area contributed by atoms with Gasteiger partial charge in [-0.15, -0.1) is 0 Å². The van der Waals surface area contributed by atoms with E-state index in [0.717, 1.165) is 13.1 Å². The maximum Gasteiger partial charge on any atom is 0.407 e. The second-order valence-electron chi connectivity index (χ2n) is 3.05. The van der Waals surface area contributed by atoms with E-state index in [1.54, 1.807) is 0 Å². The van der Waals surface area contributed by atoms with Crippen LogP contribution in [0.15, 0.2) is 0 Å². The molecule has 0 aliphatic carbocycles. The van der Waals surface area contributed by atoms with Gasteiger partial charge in [-0.2, -0.15) is 0 Å². The molecule has 0 radical (unpaired) electrons. The van der Waals surface area contributed by atoms with Crippen molar-refractivity contribution in [2.45, 2.75) is 25.9 Å². The Morgan fingerprint density at radius 2 is 1.91 bits per heavy atom. The lowest BCUT2D eigenvalue weighted by Crippen LogP contribution is -2.56. The van der Waals surface area contributed by atoms with Crippen LogP contribution in [-0.2, 0) is 0 Å². The molecule has 4 nitrogen and oxygen atoms in total. The molecule has 1 saturated heterocycles. The van der Waals surface area contributed by atoms with Gasteiger partial charge in [0, 0.05) is 25.2 Å². The first-order chi connectivity index (χ1) is 5.13. The molecule has 1 amide bonds. The zero-order valence-electron chi connectivity index (χ0n) is 6.87. The number of hydrogen-bond acceptors (Lipinski definition) is 2. The predicted molar refractivity (Wildman–Crippen MR) is 41.7 cm³/mol. The minimum absolute atomic E-state index is 0.0937. The maximum atomic E-state index is 10.7. The summed E-state index contributed by atoms with van der Waals surface area (Å²) in [6, 6.07) is 0.187. The molecule has 0 unspecified atom stereocenters. The molecule has 0 spiro atoms. The van der Waals surface area contributed by atoms with Crippen LogP contribution in [-0.4, -0.2) is 41.3 Å². The number of nitrogens with one attached hydrogen (secondary N) is 1. The summed E-state index contributed by atoms with van der Waals surface area (Å²) in [4.78, 5) is 12.2. The van der Waals surface area contributed by atoms with Crippen LogP contribution in [0.25, 0.3) is 0 Å². The monoisotopic (exact) mass is 158 g/mol. The number of nitrogens with zero attached hydrogens (tertiary/aromatic N) is 1. The molecule has 1 heterocycles. The fourth-order valence-corrected chi connectivity index (χ4v) is 1.51. The molecule has 0 aromatic carbocycles. The number of carboxylic acid groups (broad SMARTS) is 1. The second kappa shape index (κ2) is 3.09. The van der Waals surface area contributed by atoms with Crippen molar-refractivity contribution in [3.63, 3.8) is 0 Å². The van der Waals surface area contributed by atoms with Gasteiger partial charge >= 0.3 is 6.09 Å². The van der Waals surface area contributed by atoms with Crippen LogP contribution in [0.2, 0.25) is 0 Å². The van der Waals surface area contributed by atoms with E-state index >= 15 is 0 Å². The first-order valence-electron chi connectivity index (χ1n) is 3.85. The average Bonchev–Trinajstić information content (AvgIpc) is 1.85. The van der Waals surface area contributed by atoms with Gasteiger partial charge in [0.2, 0.25) is 0 Å². The third kappa shape index (κ3) is 1.63. The molecule has 0 aromatic rings. The highest BCUT2D eigenvalue weighted by Crippen LogP contribution is 2.08. The van der Waals surface area contributed by atoms with Gasteiger partial charge in [-0.3, -0.25) is 0 Å². The van der Waals surface area contributed by atoms with Gasteiger partial charge in [-0.05, 0) is 13.8 Å². The molecular weight excluding hydrogens is 144 g/mol. The highest BCUT2D eigenvalue weighted by atomic mass is 16.4. The van der Waals surface area contributed by atoms with Crippen molar-refractivity contribution < 1.29 is 9.90 Å². The van der Waals surface area contributed by atoms with Crippen molar-refractivity contribution >= 4 is 6.09 Å². The molecule has 2 atom stereocenters. The molecule has 11 heavy (non-hydrogen) atoms. The molecule has 1 fully saturated rings. The first kappa shape index (κ1) is 8.33. The van der Waals surface area contributed by atoms with Gasteiger partial charge in [-0.1, -0.05) is 0 Å². The molecule has 1 rings (SSSR count). The third-order valence-corrected chi connectivity index (χ3v) is 2.05. The summed E-state index contributed by atoms with van der Waals surface area (Å²) >= 11 is 0. The van der Waals surface area contributed by atoms with Crippen LogP contribution in [0.3, 0.4) is 0 Å². The minimum Gasteiger partial charge on any atom is -0.465 e. The summed E-state index contributed by atoms with van der Waals surface area (Å²) in [5.41, 5.74) is 0. The molecule has 2 N–H and O–H groups in total. The van der Waals surface area contributed by atoms with Crippen molar-refractivity contribution in [1.29, 1.82) is 0 Å². The Hall–Kier alpha value is -0.770. The van der Waals surface area contributed by atoms with Gasteiger partial charge in [0.05, 0.1) is 0 Å². The zero-order chi connectivity index (χ0) is 8.43. The smallest absolute Gasteiger partial charge is 0.407 e. The predicted octanol–water partition coefficient (Wildman–Crippen LogP) is 0.347. The van der Waals surface area contributed by atoms with Crippen molar-refractivity contribution in [2.24, 2.45) is 0 Å². The van der Waals surface area contributed by atoms with E-state index in [-0.39, 0.29) is 12.1 Å². The highest BCUT2D eigenvalue weighted by molar-refractivity contribution is 5.66. The molecule has 0 aromatic heterocycles. The standard InChI is InChI=1S/C7H14N2O2/c1-5-3-8-4-6(2)9(5)7(10)11/h5-6,8H,3-4H2,1-2H3,(H,10,11)/t5-,6-/m1/s1. The fraction of sp³-hybridized carbons (Fsp3) is 0.857. The molecule has 1 aliphatic heterocycles. The minimum atomic E-state index is -0.813. The molecule has 4 heteroatoms. The summed E-state index contributed by atoms with van der Waals surface area (Å²) in [7, 11) is 0. The van der Waals surface area contributed by atoms with E-state index in [4.69, 9.17) is 5.11 Å². The van der Waals surface area contributed by atoms with E-state index in [0.29, 0.717) is 0 Å². The Kier molecular flexibility index (Phi) is 2.34. The van der Waals surface area contributed by atoms with Crippen LogP contribution < -0.4 is 5.32 Å². The second-order valence-corrected chi connectivity index (χ2v) is 3.05. The number of rotatable bonds is 0. The molecule has 0 saturated carbocycles. The molecule has 0 bridgehead atoms. The van der Waals surface area contributed by atoms with Crippen molar-refractivity contribution in [2.75, 3.05) is 13.1 Å². The van der Waals surface area contributed by atoms with Crippen molar-refractivity contribution in [1.82, 2.24) is 10.2 Å². The lowest BCUT2D eigenvalue weighted by Gasteiger charge is -2.37. The van der Waals surface area contributed by atoms with Gasteiger partial charge in [0.15, 0.2) is 0 Å². The van der Waals surface area contributed by atoms with Crippen molar-refractivity contribution in [3.8, 4) is 0 Å². The quantitative estimate of drug-likeness (QED) is 0.534. The van der Waals surface area contributed by atoms with Gasteiger partial charge < -0.3 is 15.3 Å². The van der Waals surface area contributed by atoms with Gasteiger partial charge in [0.1, 0.15) is 0 Å². The Balaban J connectivity index is 2.62. The lowest BCUT2D eigenvalue weighted by atomic mass is 10.1. The maximum absolute atomic E-state index is 10.7. The van der Waals surface area contributed by atoms with E-state index in [1.807, 2.05) is 13.8 Å². The summed E-state index contributed by atoms with van der Waals surface area (Å²) in [5.74, 6) is 0. The topological polar surface area (TPSA) is 52.6 Å². The molecular formula is C7H14N2O2. The zero-order valence-corrected chi connectivity index (χ0v) is 6.87. The van der Waals surface area contributed by atoms with E-state index < -0.39 is 6.09 Å². The Labute approximate surface area is 66.2 Å². The molecule has 1 aliphatic rings. The number of amides is 1. The summed E-state index contributed by atoms with van der Waals surface area (Å²) in [6.45, 7) is 5.35. The number of hydrogen-bond donors (Lipinski definition) is 2. The first-order valence-corrected chi connectivity index (χ1v) is 3.85. The Morgan fingerprint density at radius 3 is 2.18 bits per heavy atom. The summed E-state index contributed by atoms with van der Waals surface area (Å²) in [6.07, 6.45) is -0.813. The Morgan fingerprint density at radius 1 is 1.45 bits per heavy atom. The van der Waals surface area contributed by atoms with E-state index in [1.165, 1.54) is 4.90 Å². The Bertz CT molecular complexity index is 151. The summed E-state index contributed by atoms with van der Waals surface area (Å²) in [5, 5.41) is 11.9. The molecule has 64 valence electrons. The van der Waals surface area contributed by atoms with Crippen LogP contribution in [0.1, 0.15) is 13.8 Å². The summed E-state index contributed by atoms with van der Waals surface area (Å²) < 4.78 is 0. The number of piperazine rings is 1. The highest BCUT2D eigenvalue weighted by Gasteiger charge is 2.27. The SMILES string of the molecule is C[C@@H]1CNC[C@@H](C)N1C(=O)O. The van der Waals surface area contributed by atoms with Crippen LogP contribution >= 0.6 is 0 Å². The fourth-order valence-electron chi connectivity index (χ4n) is 1.51. The lowest BCUT2D eigenvalue weighted by molar-refractivity contribution is 0.0911. The van der Waals surface area contributed by atoms with E-state index in [9.17, 15) is 4.79 Å². The normalized spacial score (nSPS) is 32.0. The van der Waals surface area contributed by atoms with Gasteiger partial charge in [-0.25, -0.2) is 4.79 Å². The van der Waals surface area contributed by atoms with Crippen molar-refractivity contribution in [3.05, 3.63) is 0 Å². The largest absolute Gasteiger partial charge is 0.465 e.